The van der Waals surface area contributed by atoms with Gasteiger partial charge in [0.1, 0.15) is 0 Å². The van der Waals surface area contributed by atoms with Gasteiger partial charge in [0, 0.05) is 13.7 Å². The van der Waals surface area contributed by atoms with E-state index in [4.69, 9.17) is 10.3 Å². The first-order chi connectivity index (χ1) is 6.24. The fourth-order valence-corrected chi connectivity index (χ4v) is 1.44. The zero-order valence-corrected chi connectivity index (χ0v) is 8.18. The van der Waals surface area contributed by atoms with Crippen LogP contribution in [0.4, 0.5) is 0 Å². The number of amides is 1. The van der Waals surface area contributed by atoms with Crippen LogP contribution in [0, 0.1) is 0 Å². The van der Waals surface area contributed by atoms with Crippen molar-refractivity contribution in [1.82, 2.24) is 9.96 Å². The molecule has 1 atom stereocenters. The van der Waals surface area contributed by atoms with E-state index in [0.29, 0.717) is 6.41 Å². The molecule has 5 heteroatoms. The van der Waals surface area contributed by atoms with Crippen molar-refractivity contribution >= 4 is 6.41 Å². The molecule has 2 N–H and O–H groups in total. The molecule has 1 fully saturated rings. The number of likely N-dealkylation sites (N-methyl/N-ethyl adjacent to an activating group) is 1. The van der Waals surface area contributed by atoms with Crippen LogP contribution in [0.25, 0.3) is 0 Å². The summed E-state index contributed by atoms with van der Waals surface area (Å²) in [6.07, 6.45) is 2.43. The summed E-state index contributed by atoms with van der Waals surface area (Å²) >= 11 is 0. The van der Waals surface area contributed by atoms with Gasteiger partial charge in [-0.05, 0) is 26.4 Å². The number of aliphatic hydroxyl groups excluding tert-OH is 1. The second kappa shape index (κ2) is 6.82. The van der Waals surface area contributed by atoms with Gasteiger partial charge in [-0.2, -0.15) is 0 Å². The van der Waals surface area contributed by atoms with Gasteiger partial charge in [0.15, 0.2) is 0 Å². The van der Waals surface area contributed by atoms with E-state index >= 15 is 0 Å². The lowest BCUT2D eigenvalue weighted by Gasteiger charge is -2.32. The molecule has 1 saturated heterocycles. The van der Waals surface area contributed by atoms with Crippen LogP contribution in [0.1, 0.15) is 12.8 Å². The van der Waals surface area contributed by atoms with Crippen LogP contribution in [0.5, 0.6) is 0 Å². The van der Waals surface area contributed by atoms with Crippen molar-refractivity contribution in [2.24, 2.45) is 0 Å². The third-order valence-corrected chi connectivity index (χ3v) is 2.08. The van der Waals surface area contributed by atoms with Crippen molar-refractivity contribution in [3.63, 3.8) is 0 Å². The molecule has 0 aromatic heterocycles. The maximum absolute atomic E-state index is 10.2. The molecule has 1 rings (SSSR count). The summed E-state index contributed by atoms with van der Waals surface area (Å²) in [6, 6.07) is -0.00810. The average molecular weight is 190 g/mol. The fraction of sp³-hybridized carbons (Fsp3) is 0.875. The second-order valence-electron chi connectivity index (χ2n) is 3.04. The Hall–Kier alpha value is -0.650. The van der Waals surface area contributed by atoms with Crippen LogP contribution in [-0.4, -0.2) is 60.0 Å². The molecule has 1 unspecified atom stereocenters. The van der Waals surface area contributed by atoms with E-state index in [1.54, 1.807) is 0 Å². The summed E-state index contributed by atoms with van der Waals surface area (Å²) in [6.45, 7) is 1.83. The number of hydroxylamine groups is 2. The van der Waals surface area contributed by atoms with Gasteiger partial charge >= 0.3 is 0 Å². The van der Waals surface area contributed by atoms with Crippen LogP contribution in [0.2, 0.25) is 0 Å². The lowest BCUT2D eigenvalue weighted by molar-refractivity contribution is -0.164. The minimum absolute atomic E-state index is 0.00810. The molecular formula is C8H18N2O3. The SMILES string of the molecule is CN1CCCC(N(O)C=O)C1.CO. The summed E-state index contributed by atoms with van der Waals surface area (Å²) in [7, 11) is 2.99. The smallest absolute Gasteiger partial charge is 0.233 e. The van der Waals surface area contributed by atoms with Gasteiger partial charge in [0.05, 0.1) is 6.04 Å². The van der Waals surface area contributed by atoms with Crippen molar-refractivity contribution < 1.29 is 15.1 Å². The molecule has 0 bridgehead atoms. The largest absolute Gasteiger partial charge is 0.400 e. The lowest BCUT2D eigenvalue weighted by Crippen LogP contribution is -2.44. The highest BCUT2D eigenvalue weighted by molar-refractivity contribution is 5.45. The molecular weight excluding hydrogens is 172 g/mol. The van der Waals surface area contributed by atoms with Gasteiger partial charge in [-0.1, -0.05) is 0 Å². The molecule has 5 nitrogen and oxygen atoms in total. The number of carbonyl (C=O) groups is 1. The Morgan fingerprint density at radius 2 is 2.15 bits per heavy atom. The first-order valence-electron chi connectivity index (χ1n) is 4.30. The van der Waals surface area contributed by atoms with Crippen LogP contribution in [-0.2, 0) is 4.79 Å². The Labute approximate surface area is 78.5 Å². The number of hydrogen-bond acceptors (Lipinski definition) is 4. The molecule has 1 aliphatic rings. The zero-order chi connectivity index (χ0) is 10.3. The molecule has 1 aliphatic heterocycles. The predicted molar refractivity (Wildman–Crippen MR) is 48.4 cm³/mol. The van der Waals surface area contributed by atoms with Gasteiger partial charge in [-0.25, -0.2) is 5.06 Å². The van der Waals surface area contributed by atoms with Gasteiger partial charge in [-0.3, -0.25) is 10.0 Å². The van der Waals surface area contributed by atoms with Crippen molar-refractivity contribution in [2.75, 3.05) is 27.2 Å². The molecule has 78 valence electrons. The molecule has 0 spiro atoms. The Morgan fingerprint density at radius 3 is 2.62 bits per heavy atom. The Bertz CT molecular complexity index is 143. The maximum atomic E-state index is 10.2. The number of rotatable bonds is 2. The monoisotopic (exact) mass is 190 g/mol. The van der Waals surface area contributed by atoms with Gasteiger partial charge in [0.2, 0.25) is 6.41 Å². The summed E-state index contributed by atoms with van der Waals surface area (Å²) < 4.78 is 0. The molecule has 1 heterocycles. The lowest BCUT2D eigenvalue weighted by atomic mass is 10.1. The summed E-state index contributed by atoms with van der Waals surface area (Å²) in [5.74, 6) is 0. The van der Waals surface area contributed by atoms with E-state index < -0.39 is 0 Å². The Morgan fingerprint density at radius 1 is 1.54 bits per heavy atom. The van der Waals surface area contributed by atoms with E-state index in [9.17, 15) is 4.79 Å². The Balaban J connectivity index is 0.000000671. The number of hydrogen-bond donors (Lipinski definition) is 2. The highest BCUT2D eigenvalue weighted by Gasteiger charge is 2.21. The fourth-order valence-electron chi connectivity index (χ4n) is 1.44. The summed E-state index contributed by atoms with van der Waals surface area (Å²) in [5.41, 5.74) is 0. The molecule has 0 aliphatic carbocycles. The summed E-state index contributed by atoms with van der Waals surface area (Å²) in [5, 5.41) is 16.8. The van der Waals surface area contributed by atoms with Crippen molar-refractivity contribution in [3.8, 4) is 0 Å². The van der Waals surface area contributed by atoms with Gasteiger partial charge in [-0.15, -0.1) is 0 Å². The number of carbonyl (C=O) groups excluding carboxylic acids is 1. The molecule has 0 saturated carbocycles. The minimum Gasteiger partial charge on any atom is -0.400 e. The van der Waals surface area contributed by atoms with Crippen molar-refractivity contribution in [2.45, 2.75) is 18.9 Å². The maximum Gasteiger partial charge on any atom is 0.233 e. The summed E-state index contributed by atoms with van der Waals surface area (Å²) in [4.78, 5) is 12.3. The average Bonchev–Trinajstić information content (AvgIpc) is 2.20. The topological polar surface area (TPSA) is 64.0 Å². The number of piperidine rings is 1. The number of nitrogens with zero attached hydrogens (tertiary/aromatic N) is 2. The minimum atomic E-state index is -0.00810. The zero-order valence-electron chi connectivity index (χ0n) is 8.18. The standard InChI is InChI=1S/C7H14N2O2.CH4O/c1-8-4-2-3-7(5-8)9(11)6-10;1-2/h6-7,11H,2-5H2,1H3;2H,1H3. The highest BCUT2D eigenvalue weighted by atomic mass is 16.5. The Kier molecular flexibility index (Phi) is 6.48. The number of aliphatic hydroxyl groups is 1. The first kappa shape index (κ1) is 12.3. The van der Waals surface area contributed by atoms with Crippen LogP contribution in [0.15, 0.2) is 0 Å². The van der Waals surface area contributed by atoms with Crippen LogP contribution in [0.3, 0.4) is 0 Å². The van der Waals surface area contributed by atoms with Crippen molar-refractivity contribution in [1.29, 1.82) is 0 Å². The molecule has 0 aromatic rings. The van der Waals surface area contributed by atoms with Crippen LogP contribution < -0.4 is 0 Å². The predicted octanol–water partition coefficient (Wildman–Crippen LogP) is -0.463. The normalized spacial score (nSPS) is 22.9. The van der Waals surface area contributed by atoms with E-state index in [1.165, 1.54) is 0 Å². The van der Waals surface area contributed by atoms with E-state index in [2.05, 4.69) is 4.90 Å². The molecule has 0 radical (unpaired) electrons. The first-order valence-corrected chi connectivity index (χ1v) is 4.30. The second-order valence-corrected chi connectivity index (χ2v) is 3.04. The molecule has 0 aromatic carbocycles. The van der Waals surface area contributed by atoms with Gasteiger partial charge in [0.25, 0.3) is 0 Å². The van der Waals surface area contributed by atoms with Crippen molar-refractivity contribution in [3.05, 3.63) is 0 Å². The molecule has 13 heavy (non-hydrogen) atoms. The third kappa shape index (κ3) is 4.21. The quantitative estimate of drug-likeness (QED) is 0.351. The van der Waals surface area contributed by atoms with E-state index in [-0.39, 0.29) is 6.04 Å². The van der Waals surface area contributed by atoms with Crippen LogP contribution >= 0.6 is 0 Å². The van der Waals surface area contributed by atoms with Gasteiger partial charge < -0.3 is 10.0 Å². The molecule has 1 amide bonds. The van der Waals surface area contributed by atoms with E-state index in [0.717, 1.165) is 38.1 Å². The number of likely N-dealkylation sites (tertiary alicyclic amines) is 1. The highest BCUT2D eigenvalue weighted by Crippen LogP contribution is 2.11. The third-order valence-electron chi connectivity index (χ3n) is 2.08. The van der Waals surface area contributed by atoms with E-state index in [1.807, 2.05) is 7.05 Å².